The Labute approximate surface area is 127 Å². The van der Waals surface area contributed by atoms with E-state index in [1.807, 2.05) is 0 Å². The van der Waals surface area contributed by atoms with Gasteiger partial charge in [-0.2, -0.15) is 0 Å². The van der Waals surface area contributed by atoms with Gasteiger partial charge in [0.1, 0.15) is 6.54 Å². The normalized spacial score (nSPS) is 11.0. The average molecular weight is 307 g/mol. The van der Waals surface area contributed by atoms with Gasteiger partial charge in [-0.1, -0.05) is 19.8 Å². The van der Waals surface area contributed by atoms with Crippen LogP contribution in [0.4, 0.5) is 0 Å². The van der Waals surface area contributed by atoms with Crippen molar-refractivity contribution < 1.29 is 4.79 Å². The lowest BCUT2D eigenvalue weighted by Gasteiger charge is -2.07. The summed E-state index contributed by atoms with van der Waals surface area (Å²) in [4.78, 5) is 40.1. The molecule has 0 aromatic carbocycles. The maximum Gasteiger partial charge on any atom is 0.332 e. The number of carbonyl (C=O) groups is 1. The van der Waals surface area contributed by atoms with Gasteiger partial charge >= 0.3 is 5.69 Å². The second kappa shape index (κ2) is 6.59. The second-order valence-corrected chi connectivity index (χ2v) is 5.31. The summed E-state index contributed by atoms with van der Waals surface area (Å²) in [5, 5.41) is 2.82. The molecule has 0 unspecified atom stereocenters. The molecule has 1 N–H and O–H groups in total. The highest BCUT2D eigenvalue weighted by atomic mass is 16.2. The highest BCUT2D eigenvalue weighted by Gasteiger charge is 2.15. The van der Waals surface area contributed by atoms with Gasteiger partial charge in [0.05, 0.1) is 6.33 Å². The number of rotatable bonds is 6. The molecule has 0 aliphatic rings. The standard InChI is InChI=1S/C14H21N5O3/c1-4-5-6-7-15-10(20)8-19-9-16-12-11(19)13(21)18(3)14(22)17(12)2/h9H,4-8H2,1-3H3,(H,15,20). The van der Waals surface area contributed by atoms with Crippen LogP contribution >= 0.6 is 0 Å². The molecule has 8 nitrogen and oxygen atoms in total. The highest BCUT2D eigenvalue weighted by Crippen LogP contribution is 2.05. The Bertz CT molecular complexity index is 799. The minimum absolute atomic E-state index is 0.00999. The average Bonchev–Trinajstić information content (AvgIpc) is 2.91. The summed E-state index contributed by atoms with van der Waals surface area (Å²) >= 11 is 0. The third-order valence-corrected chi connectivity index (χ3v) is 3.63. The molecule has 0 fully saturated rings. The molecule has 0 saturated carbocycles. The van der Waals surface area contributed by atoms with Crippen molar-refractivity contribution in [2.45, 2.75) is 32.7 Å². The Balaban J connectivity index is 2.25. The molecular formula is C14H21N5O3. The van der Waals surface area contributed by atoms with E-state index in [4.69, 9.17) is 0 Å². The van der Waals surface area contributed by atoms with Crippen molar-refractivity contribution in [3.63, 3.8) is 0 Å². The van der Waals surface area contributed by atoms with E-state index in [2.05, 4.69) is 17.2 Å². The second-order valence-electron chi connectivity index (χ2n) is 5.31. The summed E-state index contributed by atoms with van der Waals surface area (Å²) < 4.78 is 3.79. The number of fused-ring (bicyclic) bond motifs is 1. The molecule has 0 atom stereocenters. The van der Waals surface area contributed by atoms with Gasteiger partial charge in [0.15, 0.2) is 11.2 Å². The van der Waals surface area contributed by atoms with Gasteiger partial charge in [-0.25, -0.2) is 9.78 Å². The first kappa shape index (κ1) is 16.0. The summed E-state index contributed by atoms with van der Waals surface area (Å²) in [6.45, 7) is 2.73. The van der Waals surface area contributed by atoms with Crippen molar-refractivity contribution in [3.05, 3.63) is 27.2 Å². The van der Waals surface area contributed by atoms with Crippen LogP contribution in [0.3, 0.4) is 0 Å². The zero-order valence-corrected chi connectivity index (χ0v) is 13.1. The first-order valence-electron chi connectivity index (χ1n) is 7.35. The van der Waals surface area contributed by atoms with Crippen LogP contribution in [0.1, 0.15) is 26.2 Å². The predicted octanol–water partition coefficient (Wildman–Crippen LogP) is -0.260. The van der Waals surface area contributed by atoms with E-state index in [1.54, 1.807) is 7.05 Å². The third-order valence-electron chi connectivity index (χ3n) is 3.63. The maximum atomic E-state index is 12.2. The van der Waals surface area contributed by atoms with Crippen molar-refractivity contribution >= 4 is 17.1 Å². The molecule has 0 radical (unpaired) electrons. The van der Waals surface area contributed by atoms with E-state index >= 15 is 0 Å². The molecule has 0 saturated heterocycles. The first-order valence-corrected chi connectivity index (χ1v) is 7.35. The van der Waals surface area contributed by atoms with Crippen LogP contribution in [0.5, 0.6) is 0 Å². The molecule has 8 heteroatoms. The van der Waals surface area contributed by atoms with Crippen LogP contribution in [-0.4, -0.2) is 31.1 Å². The van der Waals surface area contributed by atoms with E-state index in [0.29, 0.717) is 6.54 Å². The number of imidazole rings is 1. The van der Waals surface area contributed by atoms with E-state index in [0.717, 1.165) is 23.8 Å². The van der Waals surface area contributed by atoms with Gasteiger partial charge in [-0.05, 0) is 6.42 Å². The van der Waals surface area contributed by atoms with Crippen LogP contribution in [0.15, 0.2) is 15.9 Å². The molecular weight excluding hydrogens is 286 g/mol. The van der Waals surface area contributed by atoms with Gasteiger partial charge in [0.2, 0.25) is 5.91 Å². The number of unbranched alkanes of at least 4 members (excludes halogenated alkanes) is 2. The molecule has 2 heterocycles. The van der Waals surface area contributed by atoms with Gasteiger partial charge in [-0.3, -0.25) is 18.7 Å². The molecule has 2 aromatic rings. The summed E-state index contributed by atoms with van der Waals surface area (Å²) in [7, 11) is 2.96. The smallest absolute Gasteiger partial charge is 0.332 e. The maximum absolute atomic E-state index is 12.2. The van der Waals surface area contributed by atoms with Crippen LogP contribution in [0, 0.1) is 0 Å². The highest BCUT2D eigenvalue weighted by molar-refractivity contribution is 5.78. The van der Waals surface area contributed by atoms with Gasteiger partial charge in [-0.15, -0.1) is 0 Å². The molecule has 0 spiro atoms. The molecule has 2 rings (SSSR count). The summed E-state index contributed by atoms with van der Waals surface area (Å²) in [6.07, 6.45) is 4.50. The van der Waals surface area contributed by atoms with E-state index in [1.165, 1.54) is 22.5 Å². The van der Waals surface area contributed by atoms with Crippen LogP contribution < -0.4 is 16.6 Å². The van der Waals surface area contributed by atoms with Crippen molar-refractivity contribution in [2.24, 2.45) is 14.1 Å². The third kappa shape index (κ3) is 2.95. The fraction of sp³-hybridized carbons (Fsp3) is 0.571. The number of aryl methyl sites for hydroxylation is 1. The molecule has 0 aliphatic heterocycles. The molecule has 120 valence electrons. The van der Waals surface area contributed by atoms with Crippen LogP contribution in [0.2, 0.25) is 0 Å². The van der Waals surface area contributed by atoms with E-state index < -0.39 is 11.2 Å². The fourth-order valence-corrected chi connectivity index (χ4v) is 2.33. The van der Waals surface area contributed by atoms with Crippen molar-refractivity contribution in [1.29, 1.82) is 0 Å². The number of carbonyl (C=O) groups excluding carboxylic acids is 1. The van der Waals surface area contributed by atoms with Crippen LogP contribution in [0.25, 0.3) is 11.2 Å². The lowest BCUT2D eigenvalue weighted by Crippen LogP contribution is -2.38. The van der Waals surface area contributed by atoms with E-state index in [-0.39, 0.29) is 23.6 Å². The quantitative estimate of drug-likeness (QED) is 0.744. The zero-order valence-electron chi connectivity index (χ0n) is 13.1. The largest absolute Gasteiger partial charge is 0.355 e. The van der Waals surface area contributed by atoms with Crippen molar-refractivity contribution in [2.75, 3.05) is 6.54 Å². The van der Waals surface area contributed by atoms with Gasteiger partial charge in [0.25, 0.3) is 5.56 Å². The number of aromatic nitrogens is 4. The monoisotopic (exact) mass is 307 g/mol. The number of amides is 1. The Morgan fingerprint density at radius 2 is 1.95 bits per heavy atom. The molecule has 22 heavy (non-hydrogen) atoms. The zero-order chi connectivity index (χ0) is 16.3. The van der Waals surface area contributed by atoms with E-state index in [9.17, 15) is 14.4 Å². The lowest BCUT2D eigenvalue weighted by molar-refractivity contribution is -0.121. The van der Waals surface area contributed by atoms with Crippen molar-refractivity contribution in [3.8, 4) is 0 Å². The Kier molecular flexibility index (Phi) is 4.79. The molecule has 1 amide bonds. The number of nitrogens with one attached hydrogen (secondary N) is 1. The minimum Gasteiger partial charge on any atom is -0.355 e. The molecule has 2 aromatic heterocycles. The topological polar surface area (TPSA) is 90.9 Å². The first-order chi connectivity index (χ1) is 10.5. The summed E-state index contributed by atoms with van der Waals surface area (Å²) in [5.74, 6) is -0.175. The fourth-order valence-electron chi connectivity index (χ4n) is 2.33. The minimum atomic E-state index is -0.450. The number of nitrogens with zero attached hydrogens (tertiary/aromatic N) is 4. The van der Waals surface area contributed by atoms with Gasteiger partial charge in [0, 0.05) is 20.6 Å². The van der Waals surface area contributed by atoms with Gasteiger partial charge < -0.3 is 9.88 Å². The molecule has 0 bridgehead atoms. The lowest BCUT2D eigenvalue weighted by atomic mass is 10.2. The Morgan fingerprint density at radius 3 is 2.64 bits per heavy atom. The van der Waals surface area contributed by atoms with Crippen molar-refractivity contribution in [1.82, 2.24) is 24.0 Å². The Hall–Kier alpha value is -2.38. The summed E-state index contributed by atoms with van der Waals surface area (Å²) in [5.41, 5.74) is -0.346. The Morgan fingerprint density at radius 1 is 1.23 bits per heavy atom. The molecule has 0 aliphatic carbocycles. The SMILES string of the molecule is CCCCCNC(=O)Cn1cnc2c1c(=O)n(C)c(=O)n2C. The number of hydrogen-bond donors (Lipinski definition) is 1. The van der Waals surface area contributed by atoms with Crippen LogP contribution in [-0.2, 0) is 25.4 Å². The summed E-state index contributed by atoms with van der Waals surface area (Å²) in [6, 6.07) is 0. The number of hydrogen-bond acceptors (Lipinski definition) is 4. The predicted molar refractivity (Wildman–Crippen MR) is 82.7 cm³/mol.